The van der Waals surface area contributed by atoms with Crippen LogP contribution in [-0.4, -0.2) is 51.2 Å². The van der Waals surface area contributed by atoms with Crippen molar-refractivity contribution in [3.63, 3.8) is 0 Å². The summed E-state index contributed by atoms with van der Waals surface area (Å²) in [5.74, 6) is -1.69. The number of hydrogen-bond donors (Lipinski definition) is 0. The van der Waals surface area contributed by atoms with Crippen molar-refractivity contribution in [3.8, 4) is 11.1 Å². The van der Waals surface area contributed by atoms with Crippen molar-refractivity contribution in [2.45, 2.75) is 37.5 Å². The van der Waals surface area contributed by atoms with Crippen molar-refractivity contribution in [1.82, 2.24) is 14.0 Å². The minimum atomic E-state index is -1.16. The Bertz CT molecular complexity index is 2430. The number of aryl methyl sites for hydroxylation is 1. The summed E-state index contributed by atoms with van der Waals surface area (Å²) in [7, 11) is 0. The van der Waals surface area contributed by atoms with Gasteiger partial charge in [0.05, 0.1) is 6.04 Å². The maximum atomic E-state index is 14.4. The van der Waals surface area contributed by atoms with E-state index in [1.165, 1.54) is 34.7 Å². The molecule has 2 aliphatic rings. The molecule has 1 fully saturated rings. The number of amides is 1. The van der Waals surface area contributed by atoms with Crippen molar-refractivity contribution in [3.05, 3.63) is 200 Å². The first kappa shape index (κ1) is 35.2. The van der Waals surface area contributed by atoms with Crippen LogP contribution in [0.5, 0.6) is 0 Å². The van der Waals surface area contributed by atoms with Crippen LogP contribution in [0.2, 0.25) is 0 Å². The second kappa shape index (κ2) is 14.9. The van der Waals surface area contributed by atoms with E-state index < -0.39 is 47.4 Å². The summed E-state index contributed by atoms with van der Waals surface area (Å²) in [6.07, 6.45) is -0.185. The maximum absolute atomic E-state index is 14.4. The van der Waals surface area contributed by atoms with E-state index in [0.29, 0.717) is 4.57 Å². The molecule has 55 heavy (non-hydrogen) atoms. The zero-order valence-corrected chi connectivity index (χ0v) is 30.0. The molecule has 10 heteroatoms. The average Bonchev–Trinajstić information content (AvgIpc) is 3.82. The lowest BCUT2D eigenvalue weighted by molar-refractivity contribution is -0.152. The molecule has 1 aliphatic heterocycles. The molecule has 0 spiro atoms. The van der Waals surface area contributed by atoms with Crippen LogP contribution in [-0.2, 0) is 14.3 Å². The lowest BCUT2D eigenvalue weighted by atomic mass is 9.98. The highest BCUT2D eigenvalue weighted by atomic mass is 16.6. The number of nitrogens with zero attached hydrogens (tertiary/aromatic N) is 3. The summed E-state index contributed by atoms with van der Waals surface area (Å²) in [4.78, 5) is 70.7. The van der Waals surface area contributed by atoms with E-state index in [9.17, 15) is 24.0 Å². The van der Waals surface area contributed by atoms with Crippen molar-refractivity contribution >= 4 is 18.0 Å². The molecule has 0 N–H and O–H groups in total. The summed E-state index contributed by atoms with van der Waals surface area (Å²) < 4.78 is 14.2. The molecule has 10 nitrogen and oxygen atoms in total. The Hall–Kier alpha value is -6.81. The van der Waals surface area contributed by atoms with Crippen molar-refractivity contribution in [1.29, 1.82) is 0 Å². The van der Waals surface area contributed by atoms with Crippen LogP contribution in [0.1, 0.15) is 62.7 Å². The van der Waals surface area contributed by atoms with Gasteiger partial charge in [-0.1, -0.05) is 127 Å². The third kappa shape index (κ3) is 6.67. The molecule has 8 rings (SSSR count). The van der Waals surface area contributed by atoms with E-state index in [4.69, 9.17) is 9.47 Å². The van der Waals surface area contributed by atoms with Gasteiger partial charge in [0.15, 0.2) is 6.10 Å². The molecule has 6 aromatic rings. The number of hydrogen-bond acceptors (Lipinski definition) is 7. The van der Waals surface area contributed by atoms with E-state index in [2.05, 4.69) is 0 Å². The standard InChI is InChI=1S/C45H37N3O7/c1-29-26-46(44(52)48(41(29)49)42(50)32-19-9-4-10-20-32)33-25-39(43(51)55-40(30-15-5-2-6-16-30)31-17-7-3-8-18-31)47(27-33)45(53)54-28-38-36-23-13-11-21-34(36)35-22-12-14-24-37(35)38/h2-24,26,33,38-40H,25,27-28H2,1H3/t33-,39-/m1/s1. The minimum absolute atomic E-state index is 0.0158. The highest BCUT2D eigenvalue weighted by Crippen LogP contribution is 2.44. The number of aromatic nitrogens is 2. The van der Waals surface area contributed by atoms with Crippen LogP contribution < -0.4 is 11.2 Å². The molecule has 2 atom stereocenters. The fraction of sp³-hybridized carbons (Fsp3) is 0.178. The van der Waals surface area contributed by atoms with E-state index >= 15 is 0 Å². The number of rotatable bonds is 8. The molecule has 1 aromatic heterocycles. The first-order valence-corrected chi connectivity index (χ1v) is 18.2. The van der Waals surface area contributed by atoms with Crippen LogP contribution in [0.15, 0.2) is 155 Å². The summed E-state index contributed by atoms with van der Waals surface area (Å²) in [5, 5.41) is 0. The topological polar surface area (TPSA) is 117 Å². The van der Waals surface area contributed by atoms with E-state index in [1.807, 2.05) is 109 Å². The number of carbonyl (C=O) groups excluding carboxylic acids is 3. The average molecular weight is 732 g/mol. The van der Waals surface area contributed by atoms with Gasteiger partial charge >= 0.3 is 17.8 Å². The molecule has 0 bridgehead atoms. The van der Waals surface area contributed by atoms with Crippen LogP contribution in [0.4, 0.5) is 4.79 Å². The molecule has 0 saturated carbocycles. The van der Waals surface area contributed by atoms with Crippen LogP contribution in [0, 0.1) is 6.92 Å². The van der Waals surface area contributed by atoms with Gasteiger partial charge in [0.25, 0.3) is 11.5 Å². The summed E-state index contributed by atoms with van der Waals surface area (Å²) in [6.45, 7) is 1.41. The van der Waals surface area contributed by atoms with Gasteiger partial charge in [0.1, 0.15) is 12.6 Å². The Morgan fingerprint density at radius 1 is 0.709 bits per heavy atom. The summed E-state index contributed by atoms with van der Waals surface area (Å²) >= 11 is 0. The predicted octanol–water partition coefficient (Wildman–Crippen LogP) is 6.90. The van der Waals surface area contributed by atoms with Gasteiger partial charge in [-0.25, -0.2) is 14.4 Å². The van der Waals surface area contributed by atoms with Gasteiger partial charge in [-0.05, 0) is 52.4 Å². The quantitative estimate of drug-likeness (QED) is 0.156. The normalized spacial score (nSPS) is 16.1. The molecule has 1 amide bonds. The van der Waals surface area contributed by atoms with Gasteiger partial charge in [-0.2, -0.15) is 4.57 Å². The van der Waals surface area contributed by atoms with Gasteiger partial charge in [0, 0.05) is 36.2 Å². The largest absolute Gasteiger partial charge is 0.451 e. The summed E-state index contributed by atoms with van der Waals surface area (Å²) in [5.41, 5.74) is 4.39. The van der Waals surface area contributed by atoms with Gasteiger partial charge in [-0.3, -0.25) is 19.1 Å². The lowest BCUT2D eigenvalue weighted by Crippen LogP contribution is -2.46. The molecule has 0 radical (unpaired) electrons. The molecular formula is C45H37N3O7. The van der Waals surface area contributed by atoms with E-state index in [1.54, 1.807) is 18.2 Å². The van der Waals surface area contributed by atoms with E-state index in [0.717, 1.165) is 33.4 Å². The van der Waals surface area contributed by atoms with Gasteiger partial charge < -0.3 is 9.47 Å². The first-order valence-electron chi connectivity index (χ1n) is 18.2. The number of likely N-dealkylation sites (tertiary alicyclic amines) is 1. The molecular weight excluding hydrogens is 695 g/mol. The van der Waals surface area contributed by atoms with E-state index in [-0.39, 0.29) is 36.6 Å². The molecule has 0 unspecified atom stereocenters. The first-order chi connectivity index (χ1) is 26.8. The number of benzene rings is 5. The number of ether oxygens (including phenoxy) is 2. The van der Waals surface area contributed by atoms with Crippen molar-refractivity contribution in [2.24, 2.45) is 0 Å². The Labute approximate surface area is 316 Å². The highest BCUT2D eigenvalue weighted by Gasteiger charge is 2.44. The SMILES string of the molecule is Cc1cn([C@@H]2C[C@H](C(=O)OC(c3ccccc3)c3ccccc3)N(C(=O)OCC3c4ccccc4-c4ccccc43)C2)c(=O)n(C(=O)c2ccccc2)c1=O. The smallest absolute Gasteiger partial charge is 0.410 e. The zero-order valence-electron chi connectivity index (χ0n) is 30.0. The fourth-order valence-electron chi connectivity index (χ4n) is 7.74. The second-order valence-electron chi connectivity index (χ2n) is 13.8. The van der Waals surface area contributed by atoms with Crippen molar-refractivity contribution in [2.75, 3.05) is 13.2 Å². The number of carbonyl (C=O) groups is 3. The molecule has 5 aromatic carbocycles. The fourth-order valence-corrected chi connectivity index (χ4v) is 7.74. The Morgan fingerprint density at radius 3 is 1.82 bits per heavy atom. The maximum Gasteiger partial charge on any atom is 0.410 e. The third-order valence-electron chi connectivity index (χ3n) is 10.5. The Kier molecular flexibility index (Phi) is 9.55. The summed E-state index contributed by atoms with van der Waals surface area (Å²) in [6, 6.07) is 40.7. The Balaban J connectivity index is 1.13. The molecule has 2 heterocycles. The highest BCUT2D eigenvalue weighted by molar-refractivity contribution is 5.95. The minimum Gasteiger partial charge on any atom is -0.451 e. The molecule has 1 aliphatic carbocycles. The Morgan fingerprint density at radius 2 is 1.24 bits per heavy atom. The van der Waals surface area contributed by atoms with Crippen molar-refractivity contribution < 1.29 is 23.9 Å². The monoisotopic (exact) mass is 731 g/mol. The zero-order chi connectivity index (χ0) is 38.1. The van der Waals surface area contributed by atoms with Crippen LogP contribution >= 0.6 is 0 Å². The number of esters is 1. The number of fused-ring (bicyclic) bond motifs is 3. The second-order valence-corrected chi connectivity index (χ2v) is 13.8. The lowest BCUT2D eigenvalue weighted by Gasteiger charge is -2.26. The van der Waals surface area contributed by atoms with Crippen LogP contribution in [0.3, 0.4) is 0 Å². The van der Waals surface area contributed by atoms with Gasteiger partial charge in [-0.15, -0.1) is 0 Å². The third-order valence-corrected chi connectivity index (χ3v) is 10.5. The molecule has 1 saturated heterocycles. The van der Waals surface area contributed by atoms with Crippen LogP contribution in [0.25, 0.3) is 11.1 Å². The van der Waals surface area contributed by atoms with Gasteiger partial charge in [0.2, 0.25) is 0 Å². The molecule has 274 valence electrons. The predicted molar refractivity (Wildman–Crippen MR) is 206 cm³/mol.